The second-order valence-corrected chi connectivity index (χ2v) is 17.6. The van der Waals surface area contributed by atoms with Gasteiger partial charge in [0.15, 0.2) is 0 Å². The van der Waals surface area contributed by atoms with E-state index in [1.165, 1.54) is 93.0 Å². The quantitative estimate of drug-likeness (QED) is 0.161. The summed E-state index contributed by atoms with van der Waals surface area (Å²) in [5.74, 6) is 0. The Labute approximate surface area is 365 Å². The zero-order valence-corrected chi connectivity index (χ0v) is 35.1. The lowest BCUT2D eigenvalue weighted by Gasteiger charge is -2.28. The Balaban J connectivity index is 1.01. The van der Waals surface area contributed by atoms with Crippen LogP contribution in [0.15, 0.2) is 217 Å². The molecule has 1 aliphatic rings. The first-order valence-electron chi connectivity index (χ1n) is 21.9. The standard InChI is InChI=1S/C61H41NO/c1-61(2)54-26-9-7-19-47(54)48-33-32-43(37-55(48)61)62(41-30-28-39(29-31-41)45-23-12-15-38-14-3-4-18-44(38)45)42-17-11-16-40(36-42)46-24-13-25-50-52-34-35-57-60(53-22-8-10-27-56(53)63-57)59(52)51-21-6-5-20-49(51)58(46)50/h3-37H,1-2H3. The van der Waals surface area contributed by atoms with Gasteiger partial charge in [-0.1, -0.05) is 172 Å². The average Bonchev–Trinajstić information content (AvgIpc) is 3.83. The predicted octanol–water partition coefficient (Wildman–Crippen LogP) is 17.3. The summed E-state index contributed by atoms with van der Waals surface area (Å²) in [5, 5.41) is 12.3. The van der Waals surface area contributed by atoms with E-state index in [-0.39, 0.29) is 5.41 Å². The molecule has 0 radical (unpaired) electrons. The highest BCUT2D eigenvalue weighted by Gasteiger charge is 2.35. The summed E-state index contributed by atoms with van der Waals surface area (Å²) in [5.41, 5.74) is 15.2. The van der Waals surface area contributed by atoms with Crippen molar-refractivity contribution in [2.24, 2.45) is 0 Å². The molecule has 11 aromatic carbocycles. The van der Waals surface area contributed by atoms with Gasteiger partial charge in [-0.2, -0.15) is 0 Å². The lowest BCUT2D eigenvalue weighted by molar-refractivity contribution is 0.660. The summed E-state index contributed by atoms with van der Waals surface area (Å²) in [6.07, 6.45) is 0. The van der Waals surface area contributed by atoms with Crippen LogP contribution in [0.5, 0.6) is 0 Å². The van der Waals surface area contributed by atoms with E-state index in [9.17, 15) is 0 Å². The number of hydrogen-bond acceptors (Lipinski definition) is 2. The van der Waals surface area contributed by atoms with Gasteiger partial charge >= 0.3 is 0 Å². The van der Waals surface area contributed by atoms with Crippen molar-refractivity contribution in [1.82, 2.24) is 0 Å². The molecule has 0 amide bonds. The molecular weight excluding hydrogens is 763 g/mol. The summed E-state index contributed by atoms with van der Waals surface area (Å²) in [6, 6.07) is 78.0. The maximum atomic E-state index is 6.42. The Morgan fingerprint density at radius 3 is 1.78 bits per heavy atom. The zero-order valence-electron chi connectivity index (χ0n) is 35.1. The fourth-order valence-electron chi connectivity index (χ4n) is 10.9. The normalized spacial score (nSPS) is 13.0. The molecule has 12 aromatic rings. The van der Waals surface area contributed by atoms with E-state index in [1.807, 2.05) is 6.07 Å². The van der Waals surface area contributed by atoms with Crippen LogP contribution in [0.3, 0.4) is 0 Å². The van der Waals surface area contributed by atoms with Gasteiger partial charge < -0.3 is 9.32 Å². The minimum absolute atomic E-state index is 0.130. The first kappa shape index (κ1) is 35.8. The molecule has 0 fully saturated rings. The molecule has 63 heavy (non-hydrogen) atoms. The van der Waals surface area contributed by atoms with Crippen LogP contribution in [-0.4, -0.2) is 0 Å². The Morgan fingerprint density at radius 2 is 0.921 bits per heavy atom. The van der Waals surface area contributed by atoms with Gasteiger partial charge in [-0.3, -0.25) is 0 Å². The molecule has 0 saturated carbocycles. The van der Waals surface area contributed by atoms with Crippen LogP contribution in [0, 0.1) is 0 Å². The molecule has 1 aliphatic carbocycles. The molecule has 0 atom stereocenters. The SMILES string of the molecule is CC1(C)c2ccccc2-c2ccc(N(c3ccc(-c4cccc5ccccc45)cc3)c3cccc(-c4cccc5c6ccc7oc8ccccc8c7c6c6ccccc6c45)c3)cc21. The van der Waals surface area contributed by atoms with Crippen LogP contribution in [0.25, 0.3) is 98.4 Å². The second-order valence-electron chi connectivity index (χ2n) is 17.6. The zero-order chi connectivity index (χ0) is 41.8. The number of rotatable bonds is 5. The molecule has 2 heteroatoms. The summed E-state index contributed by atoms with van der Waals surface area (Å²) < 4.78 is 6.42. The molecule has 2 nitrogen and oxygen atoms in total. The first-order chi connectivity index (χ1) is 31.0. The van der Waals surface area contributed by atoms with Crippen LogP contribution in [0.4, 0.5) is 17.1 Å². The molecular formula is C61H41NO. The van der Waals surface area contributed by atoms with E-state index in [2.05, 4.69) is 225 Å². The third kappa shape index (κ3) is 5.31. The van der Waals surface area contributed by atoms with Crippen molar-refractivity contribution >= 4 is 82.1 Å². The molecule has 0 bridgehead atoms. The highest BCUT2D eigenvalue weighted by molar-refractivity contribution is 6.36. The van der Waals surface area contributed by atoms with Crippen molar-refractivity contribution in [2.45, 2.75) is 19.3 Å². The van der Waals surface area contributed by atoms with Gasteiger partial charge in [0.25, 0.3) is 0 Å². The number of furan rings is 1. The molecule has 0 aliphatic heterocycles. The van der Waals surface area contributed by atoms with Crippen LogP contribution in [0.2, 0.25) is 0 Å². The van der Waals surface area contributed by atoms with Crippen molar-refractivity contribution in [3.05, 3.63) is 223 Å². The summed E-state index contributed by atoms with van der Waals surface area (Å²) in [7, 11) is 0. The number of fused-ring (bicyclic) bond motifs is 14. The Bertz CT molecular complexity index is 3800. The van der Waals surface area contributed by atoms with E-state index in [1.54, 1.807) is 0 Å². The number of hydrogen-bond donors (Lipinski definition) is 0. The monoisotopic (exact) mass is 803 g/mol. The minimum atomic E-state index is -0.130. The summed E-state index contributed by atoms with van der Waals surface area (Å²) >= 11 is 0. The van der Waals surface area contributed by atoms with Crippen molar-refractivity contribution < 1.29 is 4.42 Å². The van der Waals surface area contributed by atoms with E-state index < -0.39 is 0 Å². The maximum absolute atomic E-state index is 6.42. The topological polar surface area (TPSA) is 16.4 Å². The van der Waals surface area contributed by atoms with Gasteiger partial charge in [0.2, 0.25) is 0 Å². The van der Waals surface area contributed by atoms with Gasteiger partial charge in [-0.05, 0) is 137 Å². The fourth-order valence-corrected chi connectivity index (χ4v) is 10.9. The summed E-state index contributed by atoms with van der Waals surface area (Å²) in [4.78, 5) is 2.44. The molecule has 0 spiro atoms. The minimum Gasteiger partial charge on any atom is -0.456 e. The van der Waals surface area contributed by atoms with Crippen molar-refractivity contribution in [2.75, 3.05) is 4.90 Å². The van der Waals surface area contributed by atoms with Crippen molar-refractivity contribution in [3.63, 3.8) is 0 Å². The van der Waals surface area contributed by atoms with E-state index in [0.717, 1.165) is 33.6 Å². The number of anilines is 3. The third-order valence-corrected chi connectivity index (χ3v) is 13.8. The Morgan fingerprint density at radius 1 is 0.333 bits per heavy atom. The Hall–Kier alpha value is -7.94. The predicted molar refractivity (Wildman–Crippen MR) is 267 cm³/mol. The highest BCUT2D eigenvalue weighted by Crippen LogP contribution is 2.51. The first-order valence-corrected chi connectivity index (χ1v) is 21.9. The van der Waals surface area contributed by atoms with E-state index in [0.29, 0.717) is 0 Å². The third-order valence-electron chi connectivity index (χ3n) is 13.8. The molecule has 1 aromatic heterocycles. The summed E-state index contributed by atoms with van der Waals surface area (Å²) in [6.45, 7) is 4.72. The largest absolute Gasteiger partial charge is 0.456 e. The molecule has 296 valence electrons. The number of nitrogens with zero attached hydrogens (tertiary/aromatic N) is 1. The van der Waals surface area contributed by atoms with Gasteiger partial charge in [0, 0.05) is 38.6 Å². The van der Waals surface area contributed by atoms with Crippen LogP contribution < -0.4 is 4.90 Å². The van der Waals surface area contributed by atoms with Gasteiger partial charge in [-0.15, -0.1) is 0 Å². The maximum Gasteiger partial charge on any atom is 0.136 e. The second kappa shape index (κ2) is 13.5. The van der Waals surface area contributed by atoms with Crippen LogP contribution in [0.1, 0.15) is 25.0 Å². The lowest BCUT2D eigenvalue weighted by Crippen LogP contribution is -2.16. The van der Waals surface area contributed by atoms with E-state index >= 15 is 0 Å². The van der Waals surface area contributed by atoms with Gasteiger partial charge in [0.1, 0.15) is 11.2 Å². The molecule has 0 unspecified atom stereocenters. The molecule has 1 heterocycles. The highest BCUT2D eigenvalue weighted by atomic mass is 16.3. The number of para-hydroxylation sites is 1. The van der Waals surface area contributed by atoms with Crippen LogP contribution >= 0.6 is 0 Å². The van der Waals surface area contributed by atoms with Gasteiger partial charge in [-0.25, -0.2) is 0 Å². The van der Waals surface area contributed by atoms with Crippen molar-refractivity contribution in [3.8, 4) is 33.4 Å². The Kier molecular flexibility index (Phi) is 7.68. The smallest absolute Gasteiger partial charge is 0.136 e. The van der Waals surface area contributed by atoms with E-state index in [4.69, 9.17) is 4.42 Å². The lowest BCUT2D eigenvalue weighted by atomic mass is 9.82. The number of benzene rings is 11. The van der Waals surface area contributed by atoms with Crippen LogP contribution in [-0.2, 0) is 5.41 Å². The van der Waals surface area contributed by atoms with Gasteiger partial charge in [0.05, 0.1) is 0 Å². The molecule has 13 rings (SSSR count). The molecule has 0 saturated heterocycles. The average molecular weight is 804 g/mol. The molecule has 0 N–H and O–H groups in total. The van der Waals surface area contributed by atoms with Crippen molar-refractivity contribution in [1.29, 1.82) is 0 Å². The fraction of sp³-hybridized carbons (Fsp3) is 0.0492.